The van der Waals surface area contributed by atoms with Gasteiger partial charge in [0.05, 0.1) is 0 Å². The van der Waals surface area contributed by atoms with Crippen LogP contribution >= 0.6 is 0 Å². The molecule has 0 amide bonds. The summed E-state index contributed by atoms with van der Waals surface area (Å²) in [5.41, 5.74) is 0. The first-order valence-electron chi connectivity index (χ1n) is 9.05. The third-order valence-corrected chi connectivity index (χ3v) is 5.78. The molecule has 0 spiro atoms. The highest BCUT2D eigenvalue weighted by Gasteiger charge is 2.34. The third-order valence-electron chi connectivity index (χ3n) is 5.78. The van der Waals surface area contributed by atoms with Crippen molar-refractivity contribution in [2.75, 3.05) is 0 Å². The zero-order chi connectivity index (χ0) is 14.2. The highest BCUT2D eigenvalue weighted by Crippen LogP contribution is 2.46. The number of allylic oxidation sites excluding steroid dienone is 4. The molecular weight excluding hydrogens is 240 g/mol. The summed E-state index contributed by atoms with van der Waals surface area (Å²) in [5.74, 6) is 4.23. The van der Waals surface area contributed by atoms with E-state index in [1.54, 1.807) is 12.8 Å². The second kappa shape index (κ2) is 8.70. The molecule has 4 atom stereocenters. The van der Waals surface area contributed by atoms with E-state index in [0.29, 0.717) is 0 Å². The minimum absolute atomic E-state index is 1.03. The molecule has 0 nitrogen and oxygen atoms in total. The molecule has 114 valence electrons. The smallest absolute Gasteiger partial charge is 0.0348 e. The predicted octanol–water partition coefficient (Wildman–Crippen LogP) is 6.53. The largest absolute Gasteiger partial charge is 0.0917 e. The average molecular weight is 274 g/mol. The van der Waals surface area contributed by atoms with Gasteiger partial charge in [-0.2, -0.15) is 0 Å². The van der Waals surface area contributed by atoms with Crippen LogP contribution < -0.4 is 0 Å². The molecule has 0 radical (unpaired) electrons. The molecule has 0 heterocycles. The summed E-state index contributed by atoms with van der Waals surface area (Å²) >= 11 is 0. The van der Waals surface area contributed by atoms with E-state index in [-0.39, 0.29) is 0 Å². The lowest BCUT2D eigenvalue weighted by molar-refractivity contribution is 0.0929. The molecule has 0 saturated heterocycles. The van der Waals surface area contributed by atoms with Gasteiger partial charge in [-0.25, -0.2) is 0 Å². The second-order valence-electron chi connectivity index (χ2n) is 7.17. The molecule has 0 aliphatic heterocycles. The Balaban J connectivity index is 1.71. The van der Waals surface area contributed by atoms with Crippen LogP contribution in [0.2, 0.25) is 0 Å². The van der Waals surface area contributed by atoms with Gasteiger partial charge in [0.1, 0.15) is 0 Å². The Morgan fingerprint density at radius 1 is 0.700 bits per heavy atom. The normalized spacial score (nSPS) is 34.7. The SMILES string of the molecule is CC=CCCC1CCC2C[C@H](CCC=CC)CC[C@@H]2C1. The summed E-state index contributed by atoms with van der Waals surface area (Å²) in [7, 11) is 0. The van der Waals surface area contributed by atoms with Gasteiger partial charge in [-0.05, 0) is 88.9 Å². The van der Waals surface area contributed by atoms with Gasteiger partial charge in [-0.15, -0.1) is 0 Å². The highest BCUT2D eigenvalue weighted by molar-refractivity contribution is 4.88. The molecule has 0 aromatic rings. The Hall–Kier alpha value is -0.520. The van der Waals surface area contributed by atoms with E-state index in [4.69, 9.17) is 0 Å². The van der Waals surface area contributed by atoms with E-state index >= 15 is 0 Å². The molecule has 2 unspecified atom stereocenters. The van der Waals surface area contributed by atoms with Crippen LogP contribution in [0.5, 0.6) is 0 Å². The van der Waals surface area contributed by atoms with E-state index in [0.717, 1.165) is 23.7 Å². The van der Waals surface area contributed by atoms with E-state index < -0.39 is 0 Å². The van der Waals surface area contributed by atoms with Gasteiger partial charge in [0.15, 0.2) is 0 Å². The number of rotatable bonds is 6. The Morgan fingerprint density at radius 3 is 1.55 bits per heavy atom. The van der Waals surface area contributed by atoms with Crippen molar-refractivity contribution < 1.29 is 0 Å². The van der Waals surface area contributed by atoms with Crippen molar-refractivity contribution in [2.24, 2.45) is 23.7 Å². The van der Waals surface area contributed by atoms with E-state index in [9.17, 15) is 0 Å². The molecule has 0 heteroatoms. The van der Waals surface area contributed by atoms with Gasteiger partial charge in [0.2, 0.25) is 0 Å². The zero-order valence-electron chi connectivity index (χ0n) is 13.7. The molecule has 2 aliphatic rings. The van der Waals surface area contributed by atoms with E-state index in [1.807, 2.05) is 0 Å². The monoisotopic (exact) mass is 274 g/mol. The zero-order valence-corrected chi connectivity index (χ0v) is 13.7. The van der Waals surface area contributed by atoms with E-state index in [2.05, 4.69) is 38.2 Å². The number of hydrogen-bond acceptors (Lipinski definition) is 0. The predicted molar refractivity (Wildman–Crippen MR) is 89.8 cm³/mol. The first kappa shape index (κ1) is 15.9. The van der Waals surface area contributed by atoms with Crippen LogP contribution in [0, 0.1) is 23.7 Å². The van der Waals surface area contributed by atoms with Gasteiger partial charge in [0, 0.05) is 0 Å². The fraction of sp³-hybridized carbons (Fsp3) is 0.800. The van der Waals surface area contributed by atoms with Crippen LogP contribution in [-0.4, -0.2) is 0 Å². The van der Waals surface area contributed by atoms with Crippen molar-refractivity contribution in [3.63, 3.8) is 0 Å². The van der Waals surface area contributed by atoms with Crippen molar-refractivity contribution in [1.82, 2.24) is 0 Å². The minimum Gasteiger partial charge on any atom is -0.0917 e. The summed E-state index contributed by atoms with van der Waals surface area (Å²) in [5, 5.41) is 0. The van der Waals surface area contributed by atoms with Crippen LogP contribution in [0.3, 0.4) is 0 Å². The molecule has 0 bridgehead atoms. The molecule has 2 saturated carbocycles. The minimum atomic E-state index is 1.03. The lowest BCUT2D eigenvalue weighted by Crippen LogP contribution is -2.31. The van der Waals surface area contributed by atoms with Crippen molar-refractivity contribution in [3.8, 4) is 0 Å². The lowest BCUT2D eigenvalue weighted by Gasteiger charge is -2.42. The third kappa shape index (κ3) is 4.79. The second-order valence-corrected chi connectivity index (χ2v) is 7.17. The Morgan fingerprint density at radius 2 is 1.15 bits per heavy atom. The fourth-order valence-corrected chi connectivity index (χ4v) is 4.61. The van der Waals surface area contributed by atoms with Crippen molar-refractivity contribution in [1.29, 1.82) is 0 Å². The highest BCUT2D eigenvalue weighted by atomic mass is 14.4. The molecular formula is C20H34. The maximum atomic E-state index is 2.35. The fourth-order valence-electron chi connectivity index (χ4n) is 4.61. The molecule has 2 rings (SSSR count). The summed E-state index contributed by atoms with van der Waals surface area (Å²) < 4.78 is 0. The van der Waals surface area contributed by atoms with Crippen LogP contribution in [-0.2, 0) is 0 Å². The first-order valence-corrected chi connectivity index (χ1v) is 9.05. The van der Waals surface area contributed by atoms with Gasteiger partial charge in [0.25, 0.3) is 0 Å². The van der Waals surface area contributed by atoms with Gasteiger partial charge < -0.3 is 0 Å². The Kier molecular flexibility index (Phi) is 6.90. The maximum Gasteiger partial charge on any atom is -0.0348 e. The Bertz CT molecular complexity index is 280. The van der Waals surface area contributed by atoms with Gasteiger partial charge >= 0.3 is 0 Å². The van der Waals surface area contributed by atoms with Gasteiger partial charge in [-0.3, -0.25) is 0 Å². The van der Waals surface area contributed by atoms with Crippen LogP contribution in [0.25, 0.3) is 0 Å². The summed E-state index contributed by atoms with van der Waals surface area (Å²) in [4.78, 5) is 0. The van der Waals surface area contributed by atoms with Crippen molar-refractivity contribution in [3.05, 3.63) is 24.3 Å². The topological polar surface area (TPSA) is 0 Å². The molecule has 0 aromatic carbocycles. The molecule has 20 heavy (non-hydrogen) atoms. The molecule has 2 aliphatic carbocycles. The first-order chi connectivity index (χ1) is 9.83. The van der Waals surface area contributed by atoms with Crippen LogP contribution in [0.4, 0.5) is 0 Å². The summed E-state index contributed by atoms with van der Waals surface area (Å²) in [6, 6.07) is 0. The van der Waals surface area contributed by atoms with E-state index in [1.165, 1.54) is 51.4 Å². The maximum absolute atomic E-state index is 2.35. The number of fused-ring (bicyclic) bond motifs is 1. The molecule has 0 aromatic heterocycles. The average Bonchev–Trinajstić information content (AvgIpc) is 2.48. The number of hydrogen-bond donors (Lipinski definition) is 0. The Labute approximate surface area is 126 Å². The lowest BCUT2D eigenvalue weighted by atomic mass is 9.63. The van der Waals surface area contributed by atoms with Crippen molar-refractivity contribution in [2.45, 2.75) is 78.1 Å². The van der Waals surface area contributed by atoms with Gasteiger partial charge in [-0.1, -0.05) is 37.1 Å². The van der Waals surface area contributed by atoms with Crippen molar-refractivity contribution >= 4 is 0 Å². The van der Waals surface area contributed by atoms with Crippen LogP contribution in [0.15, 0.2) is 24.3 Å². The standard InChI is InChI=1S/C20H34/c1-3-5-7-9-17-11-13-20-16-18(10-8-6-4-2)12-14-19(20)15-17/h3-6,17-20H,7-16H2,1-2H3/t17-,18?,19?,20-/m1/s1. The summed E-state index contributed by atoms with van der Waals surface area (Å²) in [6.07, 6.45) is 23.8. The summed E-state index contributed by atoms with van der Waals surface area (Å²) in [6.45, 7) is 4.29. The molecule has 2 fully saturated rings. The molecule has 0 N–H and O–H groups in total. The quantitative estimate of drug-likeness (QED) is 0.483. The van der Waals surface area contributed by atoms with Crippen LogP contribution in [0.1, 0.15) is 78.1 Å².